The normalized spacial score (nSPS) is 14.8. The van der Waals surface area contributed by atoms with Crippen LogP contribution in [0.15, 0.2) is 54.6 Å². The first-order valence-electron chi connectivity index (χ1n) is 9.52. The number of hydrogen-bond acceptors (Lipinski definition) is 3. The van der Waals surface area contributed by atoms with Crippen molar-refractivity contribution in [3.05, 3.63) is 71.5 Å². The van der Waals surface area contributed by atoms with Gasteiger partial charge in [-0.05, 0) is 55.3 Å². The van der Waals surface area contributed by atoms with Crippen LogP contribution in [-0.2, 0) is 0 Å². The molecule has 144 valence electrons. The smallest absolute Gasteiger partial charge is 0.253 e. The van der Waals surface area contributed by atoms with E-state index in [-0.39, 0.29) is 11.7 Å². The molecule has 3 aromatic rings. The predicted molar refractivity (Wildman–Crippen MR) is 108 cm³/mol. The minimum atomic E-state index is -0.255. The summed E-state index contributed by atoms with van der Waals surface area (Å²) in [6.07, 6.45) is 0.885. The third kappa shape index (κ3) is 3.91. The molecular formula is C22H23FN4O. The van der Waals surface area contributed by atoms with Gasteiger partial charge >= 0.3 is 0 Å². The Morgan fingerprint density at radius 3 is 2.50 bits per heavy atom. The van der Waals surface area contributed by atoms with Gasteiger partial charge in [0.1, 0.15) is 5.82 Å². The van der Waals surface area contributed by atoms with Crippen molar-refractivity contribution >= 4 is 11.7 Å². The second kappa shape index (κ2) is 7.84. The Morgan fingerprint density at radius 2 is 1.75 bits per heavy atom. The molecule has 0 aliphatic carbocycles. The lowest BCUT2D eigenvalue weighted by atomic mass is 10.1. The monoisotopic (exact) mass is 378 g/mol. The Balaban J connectivity index is 1.43. The minimum Gasteiger partial charge on any atom is -0.353 e. The number of aromatic nitrogens is 2. The summed E-state index contributed by atoms with van der Waals surface area (Å²) in [5.74, 6) is 0.675. The number of aromatic amines is 1. The van der Waals surface area contributed by atoms with Gasteiger partial charge in [-0.2, -0.15) is 5.10 Å². The van der Waals surface area contributed by atoms with Gasteiger partial charge in [0, 0.05) is 37.8 Å². The van der Waals surface area contributed by atoms with Crippen LogP contribution >= 0.6 is 0 Å². The molecule has 1 aromatic heterocycles. The molecule has 1 amide bonds. The zero-order valence-electron chi connectivity index (χ0n) is 15.9. The van der Waals surface area contributed by atoms with Crippen LogP contribution in [0.2, 0.25) is 0 Å². The van der Waals surface area contributed by atoms with Gasteiger partial charge in [-0.25, -0.2) is 4.39 Å². The highest BCUT2D eigenvalue weighted by molar-refractivity contribution is 5.94. The maximum Gasteiger partial charge on any atom is 0.253 e. The van der Waals surface area contributed by atoms with Crippen LogP contribution in [0.5, 0.6) is 0 Å². The van der Waals surface area contributed by atoms with Crippen LogP contribution in [0.25, 0.3) is 11.3 Å². The molecule has 2 aromatic carbocycles. The molecule has 28 heavy (non-hydrogen) atoms. The molecule has 0 saturated carbocycles. The number of amides is 1. The molecule has 2 heterocycles. The largest absolute Gasteiger partial charge is 0.353 e. The van der Waals surface area contributed by atoms with E-state index in [2.05, 4.69) is 15.1 Å². The van der Waals surface area contributed by atoms with E-state index in [9.17, 15) is 9.18 Å². The molecule has 5 nitrogen and oxygen atoms in total. The van der Waals surface area contributed by atoms with Crippen LogP contribution in [-0.4, -0.2) is 47.2 Å². The lowest BCUT2D eigenvalue weighted by Gasteiger charge is -2.22. The summed E-state index contributed by atoms with van der Waals surface area (Å²) in [4.78, 5) is 16.9. The maximum atomic E-state index is 13.1. The number of anilines is 1. The van der Waals surface area contributed by atoms with E-state index in [1.54, 1.807) is 12.1 Å². The number of nitrogens with one attached hydrogen (secondary N) is 1. The molecule has 0 atom stereocenters. The van der Waals surface area contributed by atoms with Gasteiger partial charge in [0.15, 0.2) is 5.82 Å². The molecule has 0 radical (unpaired) electrons. The van der Waals surface area contributed by atoms with Crippen LogP contribution in [0.3, 0.4) is 0 Å². The van der Waals surface area contributed by atoms with E-state index >= 15 is 0 Å². The van der Waals surface area contributed by atoms with E-state index < -0.39 is 0 Å². The van der Waals surface area contributed by atoms with E-state index in [0.29, 0.717) is 6.54 Å². The minimum absolute atomic E-state index is 0.0795. The average molecular weight is 378 g/mol. The Kier molecular flexibility index (Phi) is 5.10. The van der Waals surface area contributed by atoms with Gasteiger partial charge in [-0.3, -0.25) is 9.89 Å². The van der Waals surface area contributed by atoms with Gasteiger partial charge in [0.2, 0.25) is 0 Å². The third-order valence-electron chi connectivity index (χ3n) is 5.13. The van der Waals surface area contributed by atoms with Gasteiger partial charge in [0.05, 0.1) is 5.69 Å². The summed E-state index contributed by atoms with van der Waals surface area (Å²) in [6, 6.07) is 16.0. The fraction of sp³-hybridized carbons (Fsp3) is 0.273. The second-order valence-corrected chi connectivity index (χ2v) is 7.15. The molecule has 6 heteroatoms. The van der Waals surface area contributed by atoms with Gasteiger partial charge in [-0.15, -0.1) is 0 Å². The Morgan fingerprint density at radius 1 is 1.00 bits per heavy atom. The average Bonchev–Trinajstić information content (AvgIpc) is 3.06. The Labute approximate surface area is 163 Å². The Hall–Kier alpha value is -3.15. The number of H-pyrrole nitrogens is 1. The lowest BCUT2D eigenvalue weighted by molar-refractivity contribution is 0.0767. The van der Waals surface area contributed by atoms with Crippen molar-refractivity contribution in [1.82, 2.24) is 15.1 Å². The highest BCUT2D eigenvalue weighted by atomic mass is 19.1. The molecule has 1 aliphatic heterocycles. The fourth-order valence-electron chi connectivity index (χ4n) is 3.48. The zero-order valence-corrected chi connectivity index (χ0v) is 15.9. The first-order valence-corrected chi connectivity index (χ1v) is 9.52. The summed E-state index contributed by atoms with van der Waals surface area (Å²) in [6.45, 7) is 4.97. The molecule has 0 spiro atoms. The number of carbonyl (C=O) groups excluding carboxylic acids is 1. The van der Waals surface area contributed by atoms with Gasteiger partial charge < -0.3 is 9.80 Å². The van der Waals surface area contributed by atoms with Crippen molar-refractivity contribution in [1.29, 1.82) is 0 Å². The first kappa shape index (κ1) is 18.2. The van der Waals surface area contributed by atoms with Gasteiger partial charge in [0.25, 0.3) is 5.91 Å². The highest BCUT2D eigenvalue weighted by Crippen LogP contribution is 2.23. The van der Waals surface area contributed by atoms with Gasteiger partial charge in [-0.1, -0.05) is 17.7 Å². The standard InChI is InChI=1S/C22H23FN4O/c1-16-3-5-18(6-4-16)22(28)27-12-2-11-26(13-14-27)21-15-20(24-25-21)17-7-9-19(23)10-8-17/h3-10,15H,2,11-14H2,1H3,(H,24,25). The SMILES string of the molecule is Cc1ccc(C(=O)N2CCCN(c3cc(-c4ccc(F)cc4)[nH]n3)CC2)cc1. The third-order valence-corrected chi connectivity index (χ3v) is 5.13. The maximum absolute atomic E-state index is 13.1. The first-order chi connectivity index (χ1) is 13.6. The molecule has 1 fully saturated rings. The molecule has 0 bridgehead atoms. The zero-order chi connectivity index (χ0) is 19.5. The summed E-state index contributed by atoms with van der Waals surface area (Å²) in [5.41, 5.74) is 3.63. The molecule has 0 unspecified atom stereocenters. The van der Waals surface area contributed by atoms with E-state index in [1.165, 1.54) is 12.1 Å². The summed E-state index contributed by atoms with van der Waals surface area (Å²) in [7, 11) is 0. The van der Waals surface area contributed by atoms with E-state index in [1.807, 2.05) is 42.2 Å². The topological polar surface area (TPSA) is 52.2 Å². The van der Waals surface area contributed by atoms with Crippen LogP contribution in [0.4, 0.5) is 10.2 Å². The quantitative estimate of drug-likeness (QED) is 0.753. The lowest BCUT2D eigenvalue weighted by Crippen LogP contribution is -2.35. The number of aryl methyl sites for hydroxylation is 1. The highest BCUT2D eigenvalue weighted by Gasteiger charge is 2.21. The molecular weight excluding hydrogens is 355 g/mol. The number of halogens is 1. The van der Waals surface area contributed by atoms with Crippen molar-refractivity contribution in [2.45, 2.75) is 13.3 Å². The van der Waals surface area contributed by atoms with Crippen LogP contribution in [0, 0.1) is 12.7 Å². The number of carbonyl (C=O) groups is 1. The van der Waals surface area contributed by atoms with Crippen molar-refractivity contribution in [2.24, 2.45) is 0 Å². The van der Waals surface area contributed by atoms with Crippen molar-refractivity contribution < 1.29 is 9.18 Å². The fourth-order valence-corrected chi connectivity index (χ4v) is 3.48. The molecule has 4 rings (SSSR count). The number of benzene rings is 2. The summed E-state index contributed by atoms with van der Waals surface area (Å²) >= 11 is 0. The van der Waals surface area contributed by atoms with Crippen molar-refractivity contribution in [2.75, 3.05) is 31.1 Å². The van der Waals surface area contributed by atoms with E-state index in [4.69, 9.17) is 0 Å². The molecule has 1 aliphatic rings. The number of hydrogen-bond donors (Lipinski definition) is 1. The number of rotatable bonds is 3. The molecule has 1 N–H and O–H groups in total. The second-order valence-electron chi connectivity index (χ2n) is 7.15. The van der Waals surface area contributed by atoms with Crippen molar-refractivity contribution in [3.63, 3.8) is 0 Å². The summed E-state index contributed by atoms with van der Waals surface area (Å²) < 4.78 is 13.1. The molecule has 1 saturated heterocycles. The van der Waals surface area contributed by atoms with E-state index in [0.717, 1.165) is 54.3 Å². The number of nitrogens with zero attached hydrogens (tertiary/aromatic N) is 3. The van der Waals surface area contributed by atoms with Crippen LogP contribution in [0.1, 0.15) is 22.3 Å². The van der Waals surface area contributed by atoms with Crippen LogP contribution < -0.4 is 4.90 Å². The predicted octanol–water partition coefficient (Wildman–Crippen LogP) is 3.88. The Bertz CT molecular complexity index is 949. The van der Waals surface area contributed by atoms with Crippen molar-refractivity contribution in [3.8, 4) is 11.3 Å². The summed E-state index contributed by atoms with van der Waals surface area (Å²) in [5, 5.41) is 7.45.